The molecule has 16 nitrogen and oxygen atoms in total. The normalized spacial score (nSPS) is 14.7. The predicted molar refractivity (Wildman–Crippen MR) is 491 cm³/mol. The first-order chi connectivity index (χ1) is 57.2. The Labute approximate surface area is 712 Å². The maximum absolute atomic E-state index is 13.1. The molecule has 4 N–H and O–H groups in total. The highest BCUT2D eigenvalue weighted by atomic mass is 31.2. The molecule has 0 aliphatic heterocycles. The van der Waals surface area contributed by atoms with Crippen LogP contribution >= 0.6 is 15.6 Å². The molecule has 0 aromatic carbocycles. The number of esters is 3. The van der Waals surface area contributed by atoms with E-state index in [2.05, 4.69) is 215 Å². The average Bonchev–Trinajstić information content (AvgIpc) is 0.904. The Hall–Kier alpha value is -5.61. The monoisotopic (exact) mass is 1670 g/mol. The Morgan fingerprint density at radius 3 is 0.675 bits per heavy atom. The van der Waals surface area contributed by atoms with Gasteiger partial charge in [0.15, 0.2) is 6.10 Å². The lowest BCUT2D eigenvalue weighted by molar-refractivity contribution is -0.161. The third-order valence-electron chi connectivity index (χ3n) is 18.8. The smallest absolute Gasteiger partial charge is 0.463 e. The summed E-state index contributed by atoms with van der Waals surface area (Å²) in [7, 11) is -9.82. The number of unbranched alkanes of at least 4 members (excludes halogenated alkanes) is 30. The molecule has 0 aromatic heterocycles. The van der Waals surface area contributed by atoms with Crippen LogP contribution in [0.3, 0.4) is 0 Å². The van der Waals surface area contributed by atoms with Gasteiger partial charge >= 0.3 is 33.6 Å². The second-order valence-electron chi connectivity index (χ2n) is 30.0. The summed E-state index contributed by atoms with van der Waals surface area (Å²) in [5.74, 6) is -1.59. The molecule has 0 saturated carbocycles. The molecule has 5 unspecified atom stereocenters. The van der Waals surface area contributed by atoms with E-state index in [0.717, 1.165) is 199 Å². The summed E-state index contributed by atoms with van der Waals surface area (Å²) in [5, 5.41) is 20.7. The molecule has 0 aliphatic carbocycles. The van der Waals surface area contributed by atoms with Gasteiger partial charge in [-0.2, -0.15) is 0 Å². The molecule has 0 fully saturated rings. The van der Waals surface area contributed by atoms with E-state index in [4.69, 9.17) is 32.3 Å². The van der Waals surface area contributed by atoms with E-state index in [1.165, 1.54) is 96.3 Å². The highest BCUT2D eigenvalue weighted by molar-refractivity contribution is 7.47. The third-order valence-corrected chi connectivity index (χ3v) is 20.7. The number of rotatable bonds is 85. The maximum atomic E-state index is 13.1. The van der Waals surface area contributed by atoms with Crippen molar-refractivity contribution in [3.05, 3.63) is 194 Å². The Morgan fingerprint density at radius 2 is 0.427 bits per heavy atom. The van der Waals surface area contributed by atoms with Crippen LogP contribution in [0.4, 0.5) is 0 Å². The van der Waals surface area contributed by atoms with Crippen molar-refractivity contribution in [1.82, 2.24) is 0 Å². The second kappa shape index (κ2) is 89.6. The third kappa shape index (κ3) is 91.0. The Bertz CT molecular complexity index is 2910. The van der Waals surface area contributed by atoms with Crippen molar-refractivity contribution >= 4 is 33.6 Å². The van der Waals surface area contributed by atoms with E-state index in [1.807, 2.05) is 0 Å². The van der Waals surface area contributed by atoms with Crippen LogP contribution in [0.25, 0.3) is 0 Å². The molecular formula is C99H164O16P2. The SMILES string of the molecule is CC/C=C\C/C=C\C/C=C\C/C=C\C/C=C\C/C=C\CCCCCCCCCCCCC(=O)OCC(O)COP(=O)(O)OCC(O)COP(=O)(O)OCC(COC(=O)CCCCCCCCCCCCC/C=C\C/C=C\C/C=C\C/C=C\C/C=C\CC)OC(=O)CCCCCCCCCCC/C=C\C/C=C\C/C=C\C/C=C\C/C=C\CC. The van der Waals surface area contributed by atoms with E-state index in [1.54, 1.807) is 0 Å². The first-order valence-corrected chi connectivity index (χ1v) is 48.7. The van der Waals surface area contributed by atoms with E-state index >= 15 is 0 Å². The summed E-state index contributed by atoms with van der Waals surface area (Å²) >= 11 is 0. The lowest BCUT2D eigenvalue weighted by Gasteiger charge is -2.21. The summed E-state index contributed by atoms with van der Waals surface area (Å²) in [6.45, 7) is 2.35. The summed E-state index contributed by atoms with van der Waals surface area (Å²) in [4.78, 5) is 59.0. The van der Waals surface area contributed by atoms with Crippen LogP contribution in [0.1, 0.15) is 355 Å². The van der Waals surface area contributed by atoms with Gasteiger partial charge in [0.05, 0.1) is 26.4 Å². The number of aliphatic hydroxyl groups excluding tert-OH is 2. The molecule has 0 rings (SSSR count). The molecule has 666 valence electrons. The largest absolute Gasteiger partial charge is 0.472 e. The van der Waals surface area contributed by atoms with Gasteiger partial charge in [-0.3, -0.25) is 32.5 Å². The van der Waals surface area contributed by atoms with Gasteiger partial charge in [-0.05, 0) is 161 Å². The Balaban J connectivity index is 4.68. The quantitative estimate of drug-likeness (QED) is 0.0146. The van der Waals surface area contributed by atoms with Crippen LogP contribution in [0.2, 0.25) is 0 Å². The molecule has 0 amide bonds. The topological polar surface area (TPSA) is 231 Å². The molecule has 0 spiro atoms. The number of carbonyl (C=O) groups is 3. The van der Waals surface area contributed by atoms with Crippen LogP contribution in [-0.4, -0.2) is 95.9 Å². The molecule has 0 aliphatic rings. The first kappa shape index (κ1) is 111. The fraction of sp³-hybridized carbons (Fsp3) is 0.646. The van der Waals surface area contributed by atoms with Gasteiger partial charge in [-0.1, -0.05) is 369 Å². The van der Waals surface area contributed by atoms with Gasteiger partial charge in [0.25, 0.3) is 0 Å². The fourth-order valence-corrected chi connectivity index (χ4v) is 13.6. The van der Waals surface area contributed by atoms with Crippen molar-refractivity contribution in [2.75, 3.05) is 39.6 Å². The van der Waals surface area contributed by atoms with E-state index in [-0.39, 0.29) is 19.3 Å². The van der Waals surface area contributed by atoms with E-state index < -0.39 is 91.5 Å². The van der Waals surface area contributed by atoms with Crippen LogP contribution in [0.5, 0.6) is 0 Å². The maximum Gasteiger partial charge on any atom is 0.472 e. The predicted octanol–water partition coefficient (Wildman–Crippen LogP) is 28.2. The van der Waals surface area contributed by atoms with Gasteiger partial charge in [-0.15, -0.1) is 0 Å². The fourth-order valence-electron chi connectivity index (χ4n) is 12.0. The Morgan fingerprint density at radius 1 is 0.239 bits per heavy atom. The van der Waals surface area contributed by atoms with Gasteiger partial charge in [0, 0.05) is 19.3 Å². The molecular weight excluding hydrogens is 1510 g/mol. The van der Waals surface area contributed by atoms with Gasteiger partial charge < -0.3 is 34.2 Å². The summed E-state index contributed by atoms with van der Waals surface area (Å²) in [5.41, 5.74) is 0. The number of phosphoric ester groups is 2. The molecule has 0 saturated heterocycles. The Kier molecular flexibility index (Phi) is 85.3. The number of hydrogen-bond donors (Lipinski definition) is 4. The van der Waals surface area contributed by atoms with Crippen LogP contribution in [0.15, 0.2) is 194 Å². The van der Waals surface area contributed by atoms with Crippen LogP contribution < -0.4 is 0 Å². The van der Waals surface area contributed by atoms with E-state index in [0.29, 0.717) is 19.3 Å². The zero-order valence-electron chi connectivity index (χ0n) is 73.3. The number of aliphatic hydroxyl groups is 2. The van der Waals surface area contributed by atoms with Crippen molar-refractivity contribution in [1.29, 1.82) is 0 Å². The highest BCUT2D eigenvalue weighted by Crippen LogP contribution is 2.45. The van der Waals surface area contributed by atoms with Crippen molar-refractivity contribution in [2.24, 2.45) is 0 Å². The number of ether oxygens (including phenoxy) is 3. The van der Waals surface area contributed by atoms with Gasteiger partial charge in [0.2, 0.25) is 0 Å². The zero-order chi connectivity index (χ0) is 85.1. The van der Waals surface area contributed by atoms with Crippen molar-refractivity contribution in [2.45, 2.75) is 373 Å². The summed E-state index contributed by atoms with van der Waals surface area (Å²) in [6.07, 6.45) is 119. The van der Waals surface area contributed by atoms with E-state index in [9.17, 15) is 43.5 Å². The van der Waals surface area contributed by atoms with Crippen molar-refractivity contribution < 1.29 is 75.8 Å². The second-order valence-corrected chi connectivity index (χ2v) is 32.9. The summed E-state index contributed by atoms with van der Waals surface area (Å²) < 4.78 is 61.5. The molecule has 5 atom stereocenters. The number of phosphoric acid groups is 2. The standard InChI is InChI=1S/C99H164O16P2/c1-4-7-10-13-16-19-22-25-28-31-34-37-40-43-45-46-48-51-52-55-58-61-64-67-70-73-76-79-82-85-97(102)109-88-94(100)89-111-116(105,106)112-90-95(101)91-113-117(107,108)114-93-96(115-99(104)87-84-81-78-75-72-69-66-63-60-57-54-49-42-39-36-33-30-27-24-21-18-15-12-9-6-3)92-110-98(103)86-83-80-77-74-71-68-65-62-59-56-53-50-47-44-41-38-35-32-29-26-23-20-17-14-11-8-5-2/h7-12,16-21,25-30,34-39,43-45,47-49,51,54,94-96,100-101H,4-6,13-15,22-24,31-33,40-42,46,50,52-53,55-93H2,1-3H3,(H,105,106)(H,107,108)/b10-7-,11-8-,12-9-,19-16-,20-17-,21-18-,28-25-,29-26-,30-27-,37-34-,38-35-,39-36-,45-43-,47-44-,51-48-,54-49-. The van der Waals surface area contributed by atoms with Crippen molar-refractivity contribution in [3.8, 4) is 0 Å². The lowest BCUT2D eigenvalue weighted by atomic mass is 10.0. The number of allylic oxidation sites excluding steroid dienone is 32. The van der Waals surface area contributed by atoms with Gasteiger partial charge in [-0.25, -0.2) is 9.13 Å². The minimum Gasteiger partial charge on any atom is -0.463 e. The number of carbonyl (C=O) groups excluding carboxylic acids is 3. The molecule has 117 heavy (non-hydrogen) atoms. The molecule has 0 radical (unpaired) electrons. The molecule has 18 heteroatoms. The molecule has 0 heterocycles. The first-order valence-electron chi connectivity index (χ1n) is 45.7. The average molecular weight is 1670 g/mol. The zero-order valence-corrected chi connectivity index (χ0v) is 75.1. The minimum atomic E-state index is -4.95. The molecule has 0 aromatic rings. The minimum absolute atomic E-state index is 0.0901. The summed E-state index contributed by atoms with van der Waals surface area (Å²) in [6, 6.07) is 0. The number of hydrogen-bond acceptors (Lipinski definition) is 14. The lowest BCUT2D eigenvalue weighted by Crippen LogP contribution is -2.30. The highest BCUT2D eigenvalue weighted by Gasteiger charge is 2.29. The van der Waals surface area contributed by atoms with Crippen LogP contribution in [0, 0.1) is 0 Å². The van der Waals surface area contributed by atoms with Gasteiger partial charge in [0.1, 0.15) is 25.4 Å². The molecule has 0 bridgehead atoms. The van der Waals surface area contributed by atoms with Crippen molar-refractivity contribution in [3.63, 3.8) is 0 Å². The van der Waals surface area contributed by atoms with Crippen LogP contribution in [-0.2, 0) is 55.8 Å².